The molecule has 0 atom stereocenters. The number of imide groups is 1. The second-order valence-corrected chi connectivity index (χ2v) is 8.00. The summed E-state index contributed by atoms with van der Waals surface area (Å²) in [5, 5.41) is -0.458. The Morgan fingerprint density at radius 2 is 1.60 bits per heavy atom. The number of nitrogens with zero attached hydrogens (tertiary/aromatic N) is 2. The molecule has 0 spiro atoms. The summed E-state index contributed by atoms with van der Waals surface area (Å²) in [5.41, 5.74) is 0.519. The largest absolute Gasteiger partial charge is 0.496 e. The van der Waals surface area contributed by atoms with E-state index in [0.717, 1.165) is 42.3 Å². The van der Waals surface area contributed by atoms with Gasteiger partial charge in [0, 0.05) is 25.2 Å². The highest BCUT2D eigenvalue weighted by molar-refractivity contribution is 8.18. The zero-order chi connectivity index (χ0) is 21.7. The van der Waals surface area contributed by atoms with Gasteiger partial charge >= 0.3 is 0 Å². The first-order valence-corrected chi connectivity index (χ1v) is 10.6. The van der Waals surface area contributed by atoms with Crippen LogP contribution in [0.3, 0.4) is 0 Å². The second-order valence-electron chi connectivity index (χ2n) is 7.01. The van der Waals surface area contributed by atoms with Crippen LogP contribution in [0.5, 0.6) is 17.2 Å². The molecular formula is C21H26N2O6S. The minimum absolute atomic E-state index is 0.194. The Morgan fingerprint density at radius 1 is 1.00 bits per heavy atom. The summed E-state index contributed by atoms with van der Waals surface area (Å²) in [6.45, 7) is 1.11. The Morgan fingerprint density at radius 3 is 2.13 bits per heavy atom. The Labute approximate surface area is 180 Å². The molecule has 162 valence electrons. The maximum Gasteiger partial charge on any atom is 0.294 e. The number of carbonyl (C=O) groups excluding carboxylic acids is 3. The monoisotopic (exact) mass is 434 g/mol. The van der Waals surface area contributed by atoms with Gasteiger partial charge in [0.05, 0.1) is 31.8 Å². The first-order chi connectivity index (χ1) is 14.5. The number of methoxy groups -OCH3 is 3. The van der Waals surface area contributed by atoms with Gasteiger partial charge in [-0.15, -0.1) is 0 Å². The molecule has 1 aromatic rings. The van der Waals surface area contributed by atoms with Gasteiger partial charge in [-0.05, 0) is 30.7 Å². The van der Waals surface area contributed by atoms with Crippen molar-refractivity contribution < 1.29 is 28.6 Å². The fraction of sp³-hybridized carbons (Fsp3) is 0.476. The minimum Gasteiger partial charge on any atom is -0.496 e. The lowest BCUT2D eigenvalue weighted by atomic mass is 10.1. The van der Waals surface area contributed by atoms with Crippen molar-refractivity contribution in [2.75, 3.05) is 41.0 Å². The van der Waals surface area contributed by atoms with Gasteiger partial charge in [-0.2, -0.15) is 0 Å². The molecule has 30 heavy (non-hydrogen) atoms. The molecule has 3 amide bonds. The van der Waals surface area contributed by atoms with E-state index in [4.69, 9.17) is 14.2 Å². The van der Waals surface area contributed by atoms with Gasteiger partial charge in [0.15, 0.2) is 0 Å². The highest BCUT2D eigenvalue weighted by atomic mass is 32.2. The minimum atomic E-state index is -0.493. The van der Waals surface area contributed by atoms with Crippen molar-refractivity contribution in [3.8, 4) is 17.2 Å². The third kappa shape index (κ3) is 4.72. The number of benzene rings is 1. The molecule has 2 heterocycles. The Hall–Kier alpha value is -2.68. The quantitative estimate of drug-likeness (QED) is 0.636. The van der Waals surface area contributed by atoms with Gasteiger partial charge < -0.3 is 19.1 Å². The van der Waals surface area contributed by atoms with E-state index in [-0.39, 0.29) is 17.4 Å². The smallest absolute Gasteiger partial charge is 0.294 e. The van der Waals surface area contributed by atoms with Crippen LogP contribution < -0.4 is 14.2 Å². The van der Waals surface area contributed by atoms with Crippen LogP contribution in [0.1, 0.15) is 31.2 Å². The van der Waals surface area contributed by atoms with Crippen LogP contribution in [0.15, 0.2) is 17.0 Å². The maximum absolute atomic E-state index is 12.9. The molecule has 0 aliphatic carbocycles. The average Bonchev–Trinajstić information content (AvgIpc) is 2.95. The molecule has 2 fully saturated rings. The zero-order valence-electron chi connectivity index (χ0n) is 17.4. The number of hydrogen-bond acceptors (Lipinski definition) is 7. The van der Waals surface area contributed by atoms with Crippen LogP contribution >= 0.6 is 11.8 Å². The van der Waals surface area contributed by atoms with Gasteiger partial charge in [-0.25, -0.2) is 0 Å². The lowest BCUT2D eigenvalue weighted by molar-refractivity contribution is -0.135. The van der Waals surface area contributed by atoms with Crippen molar-refractivity contribution in [1.29, 1.82) is 0 Å². The van der Waals surface area contributed by atoms with Gasteiger partial charge in [0.2, 0.25) is 5.91 Å². The van der Waals surface area contributed by atoms with Crippen LogP contribution in [0.2, 0.25) is 0 Å². The van der Waals surface area contributed by atoms with Crippen molar-refractivity contribution in [1.82, 2.24) is 9.80 Å². The SMILES string of the molecule is COc1cc(OC)c(C=C2SC(=O)N(CC(=O)N3CCCCCC3)C2=O)c(OC)c1. The topological polar surface area (TPSA) is 85.4 Å². The fourth-order valence-corrected chi connectivity index (χ4v) is 4.32. The average molecular weight is 435 g/mol. The van der Waals surface area contributed by atoms with Crippen LogP contribution in [-0.2, 0) is 9.59 Å². The third-order valence-electron chi connectivity index (χ3n) is 5.15. The van der Waals surface area contributed by atoms with E-state index in [1.54, 1.807) is 23.1 Å². The van der Waals surface area contributed by atoms with E-state index in [9.17, 15) is 14.4 Å². The van der Waals surface area contributed by atoms with E-state index in [0.29, 0.717) is 35.9 Å². The maximum atomic E-state index is 12.9. The van der Waals surface area contributed by atoms with Crippen LogP contribution in [0.25, 0.3) is 6.08 Å². The molecule has 2 aliphatic heterocycles. The molecule has 0 bridgehead atoms. The number of hydrogen-bond donors (Lipinski definition) is 0. The molecule has 0 saturated carbocycles. The van der Waals surface area contributed by atoms with Gasteiger partial charge in [0.25, 0.3) is 11.1 Å². The molecule has 3 rings (SSSR count). The second kappa shape index (κ2) is 9.88. The van der Waals surface area contributed by atoms with E-state index in [1.807, 2.05) is 0 Å². The number of ether oxygens (including phenoxy) is 3. The van der Waals surface area contributed by atoms with E-state index < -0.39 is 11.1 Å². The van der Waals surface area contributed by atoms with Crippen molar-refractivity contribution in [2.45, 2.75) is 25.7 Å². The highest BCUT2D eigenvalue weighted by Gasteiger charge is 2.37. The number of likely N-dealkylation sites (tertiary alicyclic amines) is 1. The lowest BCUT2D eigenvalue weighted by Crippen LogP contribution is -2.42. The normalized spacial score (nSPS) is 18.6. The molecule has 8 nitrogen and oxygen atoms in total. The summed E-state index contributed by atoms with van der Waals surface area (Å²) in [6.07, 6.45) is 5.65. The Balaban J connectivity index is 1.82. The van der Waals surface area contributed by atoms with Crippen molar-refractivity contribution in [3.05, 3.63) is 22.6 Å². The predicted octanol–water partition coefficient (Wildman–Crippen LogP) is 3.15. The Bertz CT molecular complexity index is 836. The van der Waals surface area contributed by atoms with E-state index in [1.165, 1.54) is 21.3 Å². The molecule has 0 unspecified atom stereocenters. The van der Waals surface area contributed by atoms with Crippen molar-refractivity contribution in [3.63, 3.8) is 0 Å². The van der Waals surface area contributed by atoms with E-state index in [2.05, 4.69) is 0 Å². The molecule has 0 radical (unpaired) electrons. The summed E-state index contributed by atoms with van der Waals surface area (Å²) in [7, 11) is 4.52. The first-order valence-electron chi connectivity index (χ1n) is 9.81. The number of carbonyl (C=O) groups is 3. The van der Waals surface area contributed by atoms with Crippen LogP contribution in [0, 0.1) is 0 Å². The first kappa shape index (κ1) is 22.0. The summed E-state index contributed by atoms with van der Waals surface area (Å²) in [5.74, 6) is 0.738. The summed E-state index contributed by atoms with van der Waals surface area (Å²) >= 11 is 0.803. The lowest BCUT2D eigenvalue weighted by Gasteiger charge is -2.22. The standard InChI is InChI=1S/C21H26N2O6S/c1-27-14-10-16(28-2)15(17(11-14)29-3)12-18-20(25)23(21(26)30-18)13-19(24)22-8-6-4-5-7-9-22/h10-12H,4-9,13H2,1-3H3. The van der Waals surface area contributed by atoms with Gasteiger partial charge in [-0.3, -0.25) is 19.3 Å². The molecular weight excluding hydrogens is 408 g/mol. The molecule has 1 aromatic carbocycles. The van der Waals surface area contributed by atoms with Crippen LogP contribution in [0.4, 0.5) is 4.79 Å². The molecule has 9 heteroatoms. The molecule has 2 aliphatic rings. The summed E-state index contributed by atoms with van der Waals surface area (Å²) < 4.78 is 16.0. The van der Waals surface area contributed by atoms with Crippen molar-refractivity contribution >= 4 is 34.9 Å². The number of amides is 3. The molecule has 0 aromatic heterocycles. The molecule has 2 saturated heterocycles. The number of thioether (sulfide) groups is 1. The fourth-order valence-electron chi connectivity index (χ4n) is 3.50. The Kier molecular flexibility index (Phi) is 7.25. The summed E-state index contributed by atoms with van der Waals surface area (Å²) in [4.78, 5) is 40.9. The van der Waals surface area contributed by atoms with Gasteiger partial charge in [0.1, 0.15) is 23.8 Å². The molecule has 0 N–H and O–H groups in total. The zero-order valence-corrected chi connectivity index (χ0v) is 18.3. The predicted molar refractivity (Wildman–Crippen MR) is 114 cm³/mol. The van der Waals surface area contributed by atoms with E-state index >= 15 is 0 Å². The summed E-state index contributed by atoms with van der Waals surface area (Å²) in [6, 6.07) is 3.34. The van der Waals surface area contributed by atoms with Crippen molar-refractivity contribution in [2.24, 2.45) is 0 Å². The number of rotatable bonds is 6. The van der Waals surface area contributed by atoms with Gasteiger partial charge in [-0.1, -0.05) is 12.8 Å². The highest BCUT2D eigenvalue weighted by Crippen LogP contribution is 2.39. The third-order valence-corrected chi connectivity index (χ3v) is 6.06. The van der Waals surface area contributed by atoms with Crippen LogP contribution in [-0.4, -0.2) is 67.8 Å².